The fraction of sp³-hybridized carbons (Fsp3) is 0.556. The van der Waals surface area contributed by atoms with E-state index in [2.05, 4.69) is 9.71 Å². The monoisotopic (exact) mass is 245 g/mol. The summed E-state index contributed by atoms with van der Waals surface area (Å²) in [5.74, 6) is -0.238. The van der Waals surface area contributed by atoms with Crippen LogP contribution >= 0.6 is 0 Å². The quantitative estimate of drug-likeness (QED) is 0.801. The van der Waals surface area contributed by atoms with E-state index in [4.69, 9.17) is 0 Å². The van der Waals surface area contributed by atoms with Gasteiger partial charge in [0.05, 0.1) is 12.4 Å². The minimum Gasteiger partial charge on any atom is -0.336 e. The fourth-order valence-electron chi connectivity index (χ4n) is 1.03. The van der Waals surface area contributed by atoms with Crippen molar-refractivity contribution in [1.29, 1.82) is 0 Å². The first kappa shape index (κ1) is 12.9. The highest BCUT2D eigenvalue weighted by molar-refractivity contribution is 7.89. The van der Waals surface area contributed by atoms with Gasteiger partial charge in [0.1, 0.15) is 5.78 Å². The van der Waals surface area contributed by atoms with Gasteiger partial charge in [0.2, 0.25) is 0 Å². The van der Waals surface area contributed by atoms with E-state index < -0.39 is 16.1 Å². The molecular formula is C9H15N3O3S. The summed E-state index contributed by atoms with van der Waals surface area (Å²) < 4.78 is 27.4. The van der Waals surface area contributed by atoms with E-state index in [1.165, 1.54) is 26.4 Å². The Labute approximate surface area is 94.7 Å². The van der Waals surface area contributed by atoms with Gasteiger partial charge in [0.15, 0.2) is 5.03 Å². The number of carbonyl (C=O) groups is 1. The van der Waals surface area contributed by atoms with Gasteiger partial charge in [0.25, 0.3) is 10.0 Å². The van der Waals surface area contributed by atoms with Gasteiger partial charge in [-0.1, -0.05) is 0 Å². The number of carbonyl (C=O) groups excluding carboxylic acids is 1. The molecule has 1 heterocycles. The summed E-state index contributed by atoms with van der Waals surface area (Å²) in [5.41, 5.74) is 0. The first-order valence-corrected chi connectivity index (χ1v) is 6.39. The number of sulfonamides is 1. The highest BCUT2D eigenvalue weighted by Gasteiger charge is 2.21. The largest absolute Gasteiger partial charge is 0.336 e. The molecule has 0 saturated carbocycles. The van der Waals surface area contributed by atoms with Gasteiger partial charge in [0, 0.05) is 12.7 Å². The number of aromatic nitrogens is 2. The van der Waals surface area contributed by atoms with Crippen molar-refractivity contribution >= 4 is 15.8 Å². The molecule has 0 aliphatic rings. The summed E-state index contributed by atoms with van der Waals surface area (Å²) in [6, 6.07) is -0.739. The van der Waals surface area contributed by atoms with Crippen LogP contribution < -0.4 is 4.72 Å². The second-order valence-electron chi connectivity index (χ2n) is 3.50. The van der Waals surface area contributed by atoms with Crippen molar-refractivity contribution in [1.82, 2.24) is 14.3 Å². The molecule has 0 saturated heterocycles. The van der Waals surface area contributed by atoms with Crippen LogP contribution in [0.5, 0.6) is 0 Å². The molecule has 0 spiro atoms. The topological polar surface area (TPSA) is 81.1 Å². The summed E-state index contributed by atoms with van der Waals surface area (Å²) >= 11 is 0. The van der Waals surface area contributed by atoms with Crippen molar-refractivity contribution in [3.05, 3.63) is 12.5 Å². The highest BCUT2D eigenvalue weighted by atomic mass is 32.2. The molecule has 0 radical (unpaired) electrons. The van der Waals surface area contributed by atoms with Crippen LogP contribution in [0.15, 0.2) is 17.6 Å². The van der Waals surface area contributed by atoms with E-state index >= 15 is 0 Å². The molecule has 1 aromatic rings. The molecule has 1 N–H and O–H groups in total. The van der Waals surface area contributed by atoms with E-state index in [0.717, 1.165) is 0 Å². The molecule has 0 aromatic carbocycles. The predicted molar refractivity (Wildman–Crippen MR) is 58.4 cm³/mol. The van der Waals surface area contributed by atoms with Crippen molar-refractivity contribution in [2.45, 2.75) is 38.4 Å². The normalized spacial score (nSPS) is 13.7. The molecule has 1 atom stereocenters. The Morgan fingerprint density at radius 3 is 2.69 bits per heavy atom. The molecular weight excluding hydrogens is 230 g/mol. The highest BCUT2D eigenvalue weighted by Crippen LogP contribution is 2.06. The van der Waals surface area contributed by atoms with E-state index in [1.54, 1.807) is 4.57 Å². The Bertz CT molecular complexity index is 478. The first-order valence-electron chi connectivity index (χ1n) is 4.91. The molecule has 16 heavy (non-hydrogen) atoms. The van der Waals surface area contributed by atoms with Gasteiger partial charge in [-0.05, 0) is 20.8 Å². The minimum absolute atomic E-state index is 0.0672. The van der Waals surface area contributed by atoms with Crippen LogP contribution in [0.1, 0.15) is 20.8 Å². The third-order valence-corrected chi connectivity index (χ3v) is 3.62. The number of Topliss-reactive ketones (excluding diaryl/α,β-unsaturated/α-hetero) is 1. The van der Waals surface area contributed by atoms with Gasteiger partial charge >= 0.3 is 0 Å². The van der Waals surface area contributed by atoms with Crippen molar-refractivity contribution in [3.63, 3.8) is 0 Å². The zero-order valence-electron chi connectivity index (χ0n) is 9.47. The van der Waals surface area contributed by atoms with Crippen LogP contribution in [-0.2, 0) is 21.4 Å². The molecule has 6 nitrogen and oxygen atoms in total. The standard InChI is InChI=1S/C9H15N3O3S/c1-4-12-5-9(10-6-12)16(14,15)11-7(2)8(3)13/h5-7,11H,4H2,1-3H3. The van der Waals surface area contributed by atoms with Crippen LogP contribution in [0.4, 0.5) is 0 Å². The van der Waals surface area contributed by atoms with Crippen LogP contribution in [0, 0.1) is 0 Å². The van der Waals surface area contributed by atoms with Gasteiger partial charge in [-0.2, -0.15) is 4.72 Å². The Kier molecular flexibility index (Phi) is 3.82. The van der Waals surface area contributed by atoms with Gasteiger partial charge < -0.3 is 4.57 Å². The Balaban J connectivity index is 2.90. The third kappa shape index (κ3) is 2.89. The number of imidazole rings is 1. The lowest BCUT2D eigenvalue weighted by molar-refractivity contribution is -0.118. The van der Waals surface area contributed by atoms with Crippen LogP contribution in [0.25, 0.3) is 0 Å². The molecule has 1 rings (SSSR count). The van der Waals surface area contributed by atoms with Crippen LogP contribution in [0.2, 0.25) is 0 Å². The van der Waals surface area contributed by atoms with E-state index in [0.29, 0.717) is 6.54 Å². The third-order valence-electron chi connectivity index (χ3n) is 2.19. The average Bonchev–Trinajstić information content (AvgIpc) is 2.65. The predicted octanol–water partition coefficient (Wildman–Crippen LogP) is 0.159. The zero-order chi connectivity index (χ0) is 12.3. The van der Waals surface area contributed by atoms with Crippen molar-refractivity contribution in [3.8, 4) is 0 Å². The summed E-state index contributed by atoms with van der Waals surface area (Å²) in [4.78, 5) is 14.7. The summed E-state index contributed by atoms with van der Waals surface area (Å²) in [5, 5.41) is -0.0672. The Morgan fingerprint density at radius 1 is 1.62 bits per heavy atom. The molecule has 7 heteroatoms. The number of nitrogens with one attached hydrogen (secondary N) is 1. The number of nitrogens with zero attached hydrogens (tertiary/aromatic N) is 2. The minimum atomic E-state index is -3.70. The van der Waals surface area contributed by atoms with E-state index in [9.17, 15) is 13.2 Å². The summed E-state index contributed by atoms with van der Waals surface area (Å²) in [6.07, 6.45) is 2.86. The lowest BCUT2D eigenvalue weighted by atomic mass is 10.3. The molecule has 0 fully saturated rings. The van der Waals surface area contributed by atoms with Crippen LogP contribution in [0.3, 0.4) is 0 Å². The number of hydrogen-bond acceptors (Lipinski definition) is 4. The molecule has 0 amide bonds. The molecule has 0 bridgehead atoms. The Hall–Kier alpha value is -1.21. The Morgan fingerprint density at radius 2 is 2.25 bits per heavy atom. The first-order chi connectivity index (χ1) is 7.36. The molecule has 1 unspecified atom stereocenters. The van der Waals surface area contributed by atoms with Crippen LogP contribution in [-0.4, -0.2) is 29.8 Å². The smallest absolute Gasteiger partial charge is 0.260 e. The second-order valence-corrected chi connectivity index (χ2v) is 5.16. The lowest BCUT2D eigenvalue weighted by Crippen LogP contribution is -2.37. The maximum atomic E-state index is 11.7. The summed E-state index contributed by atoms with van der Waals surface area (Å²) in [7, 11) is -3.70. The molecule has 1 aromatic heterocycles. The van der Waals surface area contributed by atoms with Gasteiger partial charge in [-0.3, -0.25) is 4.79 Å². The number of hydrogen-bond donors (Lipinski definition) is 1. The number of aryl methyl sites for hydroxylation is 1. The van der Waals surface area contributed by atoms with Crippen molar-refractivity contribution in [2.24, 2.45) is 0 Å². The van der Waals surface area contributed by atoms with Gasteiger partial charge in [-0.25, -0.2) is 13.4 Å². The average molecular weight is 245 g/mol. The maximum absolute atomic E-state index is 11.7. The molecule has 0 aliphatic heterocycles. The molecule has 90 valence electrons. The fourth-order valence-corrected chi connectivity index (χ4v) is 2.24. The van der Waals surface area contributed by atoms with Crippen molar-refractivity contribution < 1.29 is 13.2 Å². The van der Waals surface area contributed by atoms with Crippen molar-refractivity contribution in [2.75, 3.05) is 0 Å². The number of ketones is 1. The number of rotatable bonds is 5. The summed E-state index contributed by atoms with van der Waals surface area (Å²) in [6.45, 7) is 5.35. The van der Waals surface area contributed by atoms with E-state index in [-0.39, 0.29) is 10.8 Å². The lowest BCUT2D eigenvalue weighted by Gasteiger charge is -2.08. The second kappa shape index (κ2) is 4.75. The van der Waals surface area contributed by atoms with Gasteiger partial charge in [-0.15, -0.1) is 0 Å². The molecule has 0 aliphatic carbocycles. The maximum Gasteiger partial charge on any atom is 0.260 e. The van der Waals surface area contributed by atoms with E-state index in [1.807, 2.05) is 6.92 Å². The zero-order valence-corrected chi connectivity index (χ0v) is 10.3. The SMILES string of the molecule is CCn1cnc(S(=O)(=O)NC(C)C(C)=O)c1.